The van der Waals surface area contributed by atoms with E-state index in [4.69, 9.17) is 0 Å². The molecule has 1 fully saturated rings. The van der Waals surface area contributed by atoms with E-state index >= 15 is 0 Å². The van der Waals surface area contributed by atoms with Crippen molar-refractivity contribution in [2.45, 2.75) is 52.4 Å². The van der Waals surface area contributed by atoms with Gasteiger partial charge in [0, 0.05) is 38.9 Å². The van der Waals surface area contributed by atoms with E-state index in [0.717, 1.165) is 43.4 Å². The van der Waals surface area contributed by atoms with Gasteiger partial charge in [0.15, 0.2) is 0 Å². The zero-order valence-corrected chi connectivity index (χ0v) is 19.7. The third kappa shape index (κ3) is 11.4. The summed E-state index contributed by atoms with van der Waals surface area (Å²) in [6, 6.07) is 0. The van der Waals surface area contributed by atoms with Crippen molar-refractivity contribution in [3.8, 4) is 0 Å². The molecule has 1 aliphatic rings. The normalized spacial score (nSPS) is 16.4. The molecule has 0 aliphatic heterocycles. The van der Waals surface area contributed by atoms with Crippen LogP contribution in [0.1, 0.15) is 52.4 Å². The molecule has 1 amide bonds. The summed E-state index contributed by atoms with van der Waals surface area (Å²) in [6.45, 7) is 11.7. The van der Waals surface area contributed by atoms with Crippen molar-refractivity contribution in [3.05, 3.63) is 23.4 Å². The lowest BCUT2D eigenvalue weighted by molar-refractivity contribution is -0.130. The van der Waals surface area contributed by atoms with Gasteiger partial charge in [0.2, 0.25) is 5.91 Å². The van der Waals surface area contributed by atoms with Gasteiger partial charge >= 0.3 is 0 Å². The second-order valence-electron chi connectivity index (χ2n) is 8.29. The fourth-order valence-electron chi connectivity index (χ4n) is 3.63. The third-order valence-corrected chi connectivity index (χ3v) is 5.64. The molecule has 6 heteroatoms. The molecule has 1 rings (SSSR count). The molecule has 0 atom stereocenters. The Balaban J connectivity index is 2.43. The smallest absolute Gasteiger partial charge is 0.236 e. The van der Waals surface area contributed by atoms with Gasteiger partial charge in [0.25, 0.3) is 0 Å². The Bertz CT molecular complexity index is 588. The first-order chi connectivity index (χ1) is 14.5. The topological polar surface area (TPSA) is 60.3 Å². The summed E-state index contributed by atoms with van der Waals surface area (Å²) in [5.41, 5.74) is 1.83. The summed E-state index contributed by atoms with van der Waals surface area (Å²) in [5, 5.41) is 3.20. The standard InChI is InChI=1S/C24H43N5O/c1-6-21(18-26-14-13-22-11-9-8-10-12-22)17-23(25-3)19-27-20-24(30)29(7-2)16-15-28(4)5/h6,17-18,22,27H,3,7-16,19-20H2,1-2,4-5H3/b21-6+,23-17-,26-18?. The number of amides is 1. The van der Waals surface area contributed by atoms with Crippen LogP contribution in [0.25, 0.3) is 0 Å². The van der Waals surface area contributed by atoms with Crippen molar-refractivity contribution >= 4 is 18.8 Å². The second-order valence-corrected chi connectivity index (χ2v) is 8.29. The molecular formula is C24H43N5O. The average Bonchev–Trinajstić information content (AvgIpc) is 2.75. The monoisotopic (exact) mass is 417 g/mol. The van der Waals surface area contributed by atoms with Crippen LogP contribution in [-0.4, -0.2) is 82.0 Å². The van der Waals surface area contributed by atoms with Crippen molar-refractivity contribution < 1.29 is 4.79 Å². The Morgan fingerprint density at radius 2 is 1.90 bits per heavy atom. The summed E-state index contributed by atoms with van der Waals surface area (Å²) >= 11 is 0. The van der Waals surface area contributed by atoms with Crippen LogP contribution in [0.2, 0.25) is 0 Å². The molecule has 0 aromatic carbocycles. The Kier molecular flexibility index (Phi) is 14.0. The minimum absolute atomic E-state index is 0.110. The predicted molar refractivity (Wildman–Crippen MR) is 130 cm³/mol. The molecule has 0 heterocycles. The average molecular weight is 418 g/mol. The van der Waals surface area contributed by atoms with Gasteiger partial charge in [0.1, 0.15) is 0 Å². The van der Waals surface area contributed by atoms with Crippen LogP contribution in [0.3, 0.4) is 0 Å². The molecule has 170 valence electrons. The molecule has 0 aromatic heterocycles. The largest absolute Gasteiger partial charge is 0.341 e. The van der Waals surface area contributed by atoms with E-state index in [9.17, 15) is 4.79 Å². The number of likely N-dealkylation sites (N-methyl/N-ethyl adjacent to an activating group) is 2. The number of rotatable bonds is 14. The number of nitrogens with one attached hydrogen (secondary N) is 1. The minimum atomic E-state index is 0.110. The van der Waals surface area contributed by atoms with Gasteiger partial charge in [-0.2, -0.15) is 0 Å². The first kappa shape index (κ1) is 26.2. The fourth-order valence-corrected chi connectivity index (χ4v) is 3.63. The van der Waals surface area contributed by atoms with Crippen LogP contribution in [-0.2, 0) is 4.79 Å². The SMILES string of the molecule is C=N/C(=C\C(C=NCCC1CCCCC1)=C/C)CNCC(=O)N(CC)CCN(C)C. The molecule has 1 N–H and O–H groups in total. The minimum Gasteiger partial charge on any atom is -0.341 e. The summed E-state index contributed by atoms with van der Waals surface area (Å²) < 4.78 is 0. The van der Waals surface area contributed by atoms with Crippen LogP contribution in [0.5, 0.6) is 0 Å². The highest BCUT2D eigenvalue weighted by Crippen LogP contribution is 2.26. The van der Waals surface area contributed by atoms with E-state index in [1.807, 2.05) is 51.2 Å². The van der Waals surface area contributed by atoms with Crippen molar-refractivity contribution in [2.75, 3.05) is 53.4 Å². The van der Waals surface area contributed by atoms with Gasteiger partial charge in [-0.1, -0.05) is 38.2 Å². The first-order valence-corrected chi connectivity index (χ1v) is 11.5. The van der Waals surface area contributed by atoms with Gasteiger partial charge in [0.05, 0.1) is 12.2 Å². The maximum Gasteiger partial charge on any atom is 0.236 e. The maximum atomic E-state index is 12.4. The van der Waals surface area contributed by atoms with E-state index < -0.39 is 0 Å². The van der Waals surface area contributed by atoms with E-state index in [-0.39, 0.29) is 5.91 Å². The van der Waals surface area contributed by atoms with E-state index in [1.165, 1.54) is 38.5 Å². The zero-order chi connectivity index (χ0) is 22.2. The summed E-state index contributed by atoms with van der Waals surface area (Å²) in [5.74, 6) is 0.964. The van der Waals surface area contributed by atoms with Gasteiger partial charge in [-0.25, -0.2) is 0 Å². The van der Waals surface area contributed by atoms with E-state index in [0.29, 0.717) is 13.1 Å². The summed E-state index contributed by atoms with van der Waals surface area (Å²) in [6.07, 6.45) is 14.0. The zero-order valence-electron chi connectivity index (χ0n) is 19.7. The molecule has 0 unspecified atom stereocenters. The highest BCUT2D eigenvalue weighted by molar-refractivity contribution is 5.82. The third-order valence-electron chi connectivity index (χ3n) is 5.64. The second kappa shape index (κ2) is 16.0. The summed E-state index contributed by atoms with van der Waals surface area (Å²) in [4.78, 5) is 25.1. The molecule has 1 saturated carbocycles. The fraction of sp³-hybridized carbons (Fsp3) is 0.708. The van der Waals surface area contributed by atoms with Crippen LogP contribution in [0.4, 0.5) is 0 Å². The molecule has 0 aromatic rings. The van der Waals surface area contributed by atoms with Crippen molar-refractivity contribution in [1.29, 1.82) is 0 Å². The number of aliphatic imine (C=N–C) groups is 2. The highest BCUT2D eigenvalue weighted by atomic mass is 16.2. The Morgan fingerprint density at radius 1 is 1.17 bits per heavy atom. The molecule has 1 aliphatic carbocycles. The molecular weight excluding hydrogens is 374 g/mol. The lowest BCUT2D eigenvalue weighted by Gasteiger charge is -2.23. The number of carbonyl (C=O) groups is 1. The van der Waals surface area contributed by atoms with Crippen LogP contribution < -0.4 is 5.32 Å². The van der Waals surface area contributed by atoms with Crippen LogP contribution >= 0.6 is 0 Å². The summed E-state index contributed by atoms with van der Waals surface area (Å²) in [7, 11) is 4.03. The quantitative estimate of drug-likeness (QED) is 0.347. The Hall–Kier alpha value is -1.79. The molecule has 0 radical (unpaired) electrons. The molecule has 6 nitrogen and oxygen atoms in total. The number of hydrogen-bond donors (Lipinski definition) is 1. The van der Waals surface area contributed by atoms with Crippen LogP contribution in [0.15, 0.2) is 33.4 Å². The molecule has 0 bridgehead atoms. The Morgan fingerprint density at radius 3 is 2.50 bits per heavy atom. The maximum absolute atomic E-state index is 12.4. The van der Waals surface area contributed by atoms with Crippen molar-refractivity contribution in [2.24, 2.45) is 15.9 Å². The lowest BCUT2D eigenvalue weighted by Crippen LogP contribution is -2.41. The van der Waals surface area contributed by atoms with Gasteiger partial charge < -0.3 is 15.1 Å². The Labute approximate surface area is 184 Å². The lowest BCUT2D eigenvalue weighted by atomic mass is 9.87. The van der Waals surface area contributed by atoms with Gasteiger partial charge in [-0.3, -0.25) is 14.8 Å². The number of carbonyl (C=O) groups excluding carboxylic acids is 1. The van der Waals surface area contributed by atoms with E-state index in [2.05, 4.69) is 26.9 Å². The number of allylic oxidation sites excluding steroid dienone is 3. The van der Waals surface area contributed by atoms with Crippen molar-refractivity contribution in [1.82, 2.24) is 15.1 Å². The van der Waals surface area contributed by atoms with Crippen molar-refractivity contribution in [3.63, 3.8) is 0 Å². The van der Waals surface area contributed by atoms with Gasteiger partial charge in [-0.15, -0.1) is 0 Å². The van der Waals surface area contributed by atoms with Crippen LogP contribution in [0, 0.1) is 5.92 Å². The molecule has 0 spiro atoms. The van der Waals surface area contributed by atoms with Gasteiger partial charge in [-0.05, 0) is 58.6 Å². The number of nitrogens with zero attached hydrogens (tertiary/aromatic N) is 4. The number of hydrogen-bond acceptors (Lipinski definition) is 5. The van der Waals surface area contributed by atoms with E-state index in [1.54, 1.807) is 0 Å². The molecule has 30 heavy (non-hydrogen) atoms. The predicted octanol–water partition coefficient (Wildman–Crippen LogP) is 3.56. The highest BCUT2D eigenvalue weighted by Gasteiger charge is 2.12. The molecule has 0 saturated heterocycles. The first-order valence-electron chi connectivity index (χ1n) is 11.5.